The lowest BCUT2D eigenvalue weighted by Crippen LogP contribution is -2.19. The summed E-state index contributed by atoms with van der Waals surface area (Å²) in [6, 6.07) is 13.6. The zero-order valence-electron chi connectivity index (χ0n) is 16.8. The minimum absolute atomic E-state index is 0.0257. The fraction of sp³-hybridized carbons (Fsp3) is 0.364. The highest BCUT2D eigenvalue weighted by Gasteiger charge is 2.28. The van der Waals surface area contributed by atoms with E-state index in [1.807, 2.05) is 49.4 Å². The van der Waals surface area contributed by atoms with Crippen LogP contribution in [0.3, 0.4) is 0 Å². The molecule has 30 heavy (non-hydrogen) atoms. The maximum Gasteiger partial charge on any atom is 0.208 e. The second kappa shape index (κ2) is 9.21. The molecule has 1 saturated heterocycles. The van der Waals surface area contributed by atoms with Crippen LogP contribution in [-0.4, -0.2) is 45.1 Å². The summed E-state index contributed by atoms with van der Waals surface area (Å²) in [7, 11) is 0. The second-order valence-corrected chi connectivity index (χ2v) is 8.38. The van der Waals surface area contributed by atoms with Gasteiger partial charge in [0.05, 0.1) is 17.8 Å². The van der Waals surface area contributed by atoms with Gasteiger partial charge in [0.1, 0.15) is 5.78 Å². The molecule has 3 aromatic rings. The van der Waals surface area contributed by atoms with Crippen LogP contribution in [0.5, 0.6) is 0 Å². The average Bonchev–Trinajstić information content (AvgIpc) is 3.44. The van der Waals surface area contributed by atoms with Crippen LogP contribution in [0.25, 0.3) is 0 Å². The van der Waals surface area contributed by atoms with Gasteiger partial charge in [-0.3, -0.25) is 9.59 Å². The number of hydrogen-bond acceptors (Lipinski definition) is 8. The van der Waals surface area contributed by atoms with Crippen LogP contribution in [-0.2, 0) is 17.6 Å². The number of aromatic nitrogens is 4. The predicted molar refractivity (Wildman–Crippen MR) is 115 cm³/mol. The number of benzene rings is 1. The topological polar surface area (TPSA) is 88.9 Å². The average molecular weight is 422 g/mol. The van der Waals surface area contributed by atoms with Crippen molar-refractivity contribution in [3.8, 4) is 0 Å². The largest absolute Gasteiger partial charge is 0.346 e. The molecule has 0 saturated carbocycles. The van der Waals surface area contributed by atoms with Crippen molar-refractivity contribution < 1.29 is 9.59 Å². The van der Waals surface area contributed by atoms with Gasteiger partial charge in [0.15, 0.2) is 10.8 Å². The Bertz CT molecular complexity index is 1020. The fourth-order valence-corrected chi connectivity index (χ4v) is 4.44. The van der Waals surface area contributed by atoms with Gasteiger partial charge in [-0.15, -0.1) is 10.2 Å². The summed E-state index contributed by atoms with van der Waals surface area (Å²) in [5, 5.41) is 18.1. The third-order valence-corrected chi connectivity index (χ3v) is 6.24. The Hall–Kier alpha value is -3.00. The normalized spacial score (nSPS) is 16.0. The molecule has 0 amide bonds. The van der Waals surface area contributed by atoms with E-state index >= 15 is 0 Å². The van der Waals surface area contributed by atoms with Gasteiger partial charge in [-0.1, -0.05) is 48.6 Å². The first-order valence-corrected chi connectivity index (χ1v) is 10.9. The molecular formula is C22H23N5O2S. The van der Waals surface area contributed by atoms with Crippen molar-refractivity contribution in [1.82, 2.24) is 20.4 Å². The summed E-state index contributed by atoms with van der Waals surface area (Å²) in [5.74, 6) is 0.405. The van der Waals surface area contributed by atoms with Crippen molar-refractivity contribution in [3.63, 3.8) is 0 Å². The Morgan fingerprint density at radius 1 is 1.03 bits per heavy atom. The van der Waals surface area contributed by atoms with Crippen molar-refractivity contribution in [1.29, 1.82) is 0 Å². The summed E-state index contributed by atoms with van der Waals surface area (Å²) >= 11 is 1.35. The van der Waals surface area contributed by atoms with Gasteiger partial charge in [-0.05, 0) is 24.1 Å². The van der Waals surface area contributed by atoms with Crippen molar-refractivity contribution >= 4 is 28.0 Å². The third kappa shape index (κ3) is 4.76. The fourth-order valence-electron chi connectivity index (χ4n) is 3.55. The maximum atomic E-state index is 12.3. The van der Waals surface area contributed by atoms with Crippen molar-refractivity contribution in [2.45, 2.75) is 38.5 Å². The molecule has 2 aromatic heterocycles. The Morgan fingerprint density at radius 2 is 1.87 bits per heavy atom. The first-order valence-electron chi connectivity index (χ1n) is 10.1. The summed E-state index contributed by atoms with van der Waals surface area (Å²) < 4.78 is 0. The molecule has 4 rings (SSSR count). The van der Waals surface area contributed by atoms with Gasteiger partial charge in [-0.25, -0.2) is 0 Å². The van der Waals surface area contributed by atoms with E-state index in [1.165, 1.54) is 11.3 Å². The van der Waals surface area contributed by atoms with E-state index in [4.69, 9.17) is 0 Å². The van der Waals surface area contributed by atoms with Crippen LogP contribution in [0.2, 0.25) is 0 Å². The molecule has 1 aliphatic rings. The molecule has 1 aromatic carbocycles. The lowest BCUT2D eigenvalue weighted by molar-refractivity contribution is -0.117. The molecule has 3 heterocycles. The Labute approximate surface area is 179 Å². The first kappa shape index (κ1) is 20.3. The zero-order chi connectivity index (χ0) is 20.9. The molecule has 0 aliphatic carbocycles. The van der Waals surface area contributed by atoms with Crippen LogP contribution < -0.4 is 4.90 Å². The highest BCUT2D eigenvalue weighted by Crippen LogP contribution is 2.31. The molecule has 7 nitrogen and oxygen atoms in total. The van der Waals surface area contributed by atoms with Gasteiger partial charge in [0.25, 0.3) is 0 Å². The lowest BCUT2D eigenvalue weighted by Gasteiger charge is -2.13. The molecule has 1 aliphatic heterocycles. The number of carbonyl (C=O) groups is 2. The van der Waals surface area contributed by atoms with E-state index < -0.39 is 0 Å². The van der Waals surface area contributed by atoms with Crippen LogP contribution in [0.1, 0.15) is 52.4 Å². The number of nitrogens with zero attached hydrogens (tertiary/aromatic N) is 5. The number of ketones is 2. The number of carbonyl (C=O) groups excluding carboxylic acids is 2. The Morgan fingerprint density at radius 3 is 2.60 bits per heavy atom. The van der Waals surface area contributed by atoms with Gasteiger partial charge in [-0.2, -0.15) is 10.2 Å². The summed E-state index contributed by atoms with van der Waals surface area (Å²) in [5.41, 5.74) is 2.63. The molecule has 0 radical (unpaired) electrons. The van der Waals surface area contributed by atoms with E-state index in [0.717, 1.165) is 35.9 Å². The molecular weight excluding hydrogens is 398 g/mol. The minimum atomic E-state index is 0.0257. The van der Waals surface area contributed by atoms with Crippen LogP contribution in [0.15, 0.2) is 42.5 Å². The monoisotopic (exact) mass is 421 g/mol. The number of Topliss-reactive ketones (excluding diaryl/α,β-unsaturated/α-hetero) is 2. The standard InChI is InChI=1S/C22H23N5O2S/c1-2-20(29)21-25-26-22(30-21)27-11-10-16(14-27)19-9-8-17(23-24-19)13-18(28)12-15-6-4-3-5-7-15/h3-9,16H,2,10-14H2,1H3. The van der Waals surface area contributed by atoms with E-state index in [2.05, 4.69) is 25.3 Å². The van der Waals surface area contributed by atoms with Crippen LogP contribution >= 0.6 is 11.3 Å². The summed E-state index contributed by atoms with van der Waals surface area (Å²) in [6.07, 6.45) is 2.08. The molecule has 8 heteroatoms. The smallest absolute Gasteiger partial charge is 0.208 e. The first-order chi connectivity index (χ1) is 14.6. The van der Waals surface area contributed by atoms with E-state index in [9.17, 15) is 9.59 Å². The highest BCUT2D eigenvalue weighted by atomic mass is 32.1. The van der Waals surface area contributed by atoms with Crippen molar-refractivity contribution in [3.05, 3.63) is 64.4 Å². The second-order valence-electron chi connectivity index (χ2n) is 7.43. The van der Waals surface area contributed by atoms with Crippen molar-refractivity contribution in [2.75, 3.05) is 18.0 Å². The zero-order valence-corrected chi connectivity index (χ0v) is 17.6. The van der Waals surface area contributed by atoms with Gasteiger partial charge < -0.3 is 4.90 Å². The predicted octanol–water partition coefficient (Wildman–Crippen LogP) is 3.27. The Balaban J connectivity index is 1.33. The molecule has 0 bridgehead atoms. The molecule has 154 valence electrons. The molecule has 0 spiro atoms. The summed E-state index contributed by atoms with van der Waals surface area (Å²) in [4.78, 5) is 26.2. The maximum absolute atomic E-state index is 12.3. The minimum Gasteiger partial charge on any atom is -0.346 e. The SMILES string of the molecule is CCC(=O)c1nnc(N2CCC(c3ccc(CC(=O)Cc4ccccc4)nn3)C2)s1. The van der Waals surface area contributed by atoms with Gasteiger partial charge in [0, 0.05) is 31.8 Å². The van der Waals surface area contributed by atoms with E-state index in [-0.39, 0.29) is 23.9 Å². The third-order valence-electron chi connectivity index (χ3n) is 5.21. The van der Waals surface area contributed by atoms with E-state index in [0.29, 0.717) is 23.5 Å². The van der Waals surface area contributed by atoms with Crippen LogP contribution in [0.4, 0.5) is 5.13 Å². The van der Waals surface area contributed by atoms with Gasteiger partial charge >= 0.3 is 0 Å². The van der Waals surface area contributed by atoms with E-state index in [1.54, 1.807) is 0 Å². The molecule has 1 atom stereocenters. The number of rotatable bonds is 8. The van der Waals surface area contributed by atoms with Gasteiger partial charge in [0.2, 0.25) is 5.13 Å². The molecule has 1 unspecified atom stereocenters. The lowest BCUT2D eigenvalue weighted by atomic mass is 10.0. The van der Waals surface area contributed by atoms with Crippen molar-refractivity contribution in [2.24, 2.45) is 0 Å². The highest BCUT2D eigenvalue weighted by molar-refractivity contribution is 7.17. The Kier molecular flexibility index (Phi) is 6.23. The number of hydrogen-bond donors (Lipinski definition) is 0. The molecule has 1 fully saturated rings. The number of anilines is 1. The molecule has 0 N–H and O–H groups in total. The quantitative estimate of drug-likeness (QED) is 0.516. The summed E-state index contributed by atoms with van der Waals surface area (Å²) in [6.45, 7) is 3.45. The van der Waals surface area contributed by atoms with Crippen LogP contribution in [0, 0.1) is 0 Å².